The zero-order valence-corrected chi connectivity index (χ0v) is 11.6. The van der Waals surface area contributed by atoms with E-state index in [1.54, 1.807) is 6.08 Å². The quantitative estimate of drug-likeness (QED) is 0.633. The lowest BCUT2D eigenvalue weighted by atomic mass is 10.1. The minimum atomic E-state index is -0.256. The molecule has 106 valence electrons. The monoisotopic (exact) mass is 280 g/mol. The summed E-state index contributed by atoms with van der Waals surface area (Å²) in [4.78, 5) is 12.0. The highest BCUT2D eigenvalue weighted by Crippen LogP contribution is 2.23. The molecule has 2 aromatic rings. The summed E-state index contributed by atoms with van der Waals surface area (Å²) >= 11 is 0. The van der Waals surface area contributed by atoms with Gasteiger partial charge in [-0.15, -0.1) is 0 Å². The van der Waals surface area contributed by atoms with Gasteiger partial charge in [0.05, 0.1) is 13.2 Å². The molecule has 0 unspecified atom stereocenters. The minimum Gasteiger partial charge on any atom is -0.346 e. The summed E-state index contributed by atoms with van der Waals surface area (Å²) in [6.45, 7) is 1.27. The molecule has 2 aromatic carbocycles. The SMILES string of the molecule is O=C(/C=C/c1ccc(C2OCCO2)cc1)c1ccccc1. The molecule has 0 atom stereocenters. The van der Waals surface area contributed by atoms with Crippen LogP contribution in [0.15, 0.2) is 60.7 Å². The molecule has 1 heterocycles. The first-order chi connectivity index (χ1) is 10.3. The van der Waals surface area contributed by atoms with E-state index >= 15 is 0 Å². The molecule has 1 aliphatic rings. The number of allylic oxidation sites excluding steroid dienone is 1. The molecular weight excluding hydrogens is 264 g/mol. The number of benzene rings is 2. The van der Waals surface area contributed by atoms with E-state index in [1.165, 1.54) is 0 Å². The van der Waals surface area contributed by atoms with E-state index in [0.29, 0.717) is 18.8 Å². The summed E-state index contributed by atoms with van der Waals surface area (Å²) in [5.74, 6) is 0.00198. The van der Waals surface area contributed by atoms with Crippen LogP contribution in [0.3, 0.4) is 0 Å². The molecule has 1 aliphatic heterocycles. The van der Waals surface area contributed by atoms with E-state index in [0.717, 1.165) is 11.1 Å². The molecule has 3 rings (SSSR count). The molecule has 0 bridgehead atoms. The summed E-state index contributed by atoms with van der Waals surface area (Å²) in [5.41, 5.74) is 2.66. The Balaban J connectivity index is 1.67. The van der Waals surface area contributed by atoms with Crippen LogP contribution in [0.5, 0.6) is 0 Å². The Hall–Kier alpha value is -2.23. The largest absolute Gasteiger partial charge is 0.346 e. The van der Waals surface area contributed by atoms with E-state index < -0.39 is 0 Å². The maximum absolute atomic E-state index is 12.0. The van der Waals surface area contributed by atoms with Gasteiger partial charge < -0.3 is 9.47 Å². The second kappa shape index (κ2) is 6.48. The van der Waals surface area contributed by atoms with Gasteiger partial charge in [0.2, 0.25) is 0 Å². The Bertz CT molecular complexity index is 623. The Kier molecular flexibility index (Phi) is 4.24. The van der Waals surface area contributed by atoms with Gasteiger partial charge in [-0.1, -0.05) is 60.7 Å². The lowest BCUT2D eigenvalue weighted by Gasteiger charge is -2.08. The highest BCUT2D eigenvalue weighted by molar-refractivity contribution is 6.06. The lowest BCUT2D eigenvalue weighted by Crippen LogP contribution is -1.97. The summed E-state index contributed by atoms with van der Waals surface area (Å²) < 4.78 is 10.9. The molecule has 0 aromatic heterocycles. The number of rotatable bonds is 4. The molecule has 0 saturated carbocycles. The molecule has 3 nitrogen and oxygen atoms in total. The normalized spacial score (nSPS) is 15.6. The Morgan fingerprint density at radius 3 is 2.29 bits per heavy atom. The first kappa shape index (κ1) is 13.7. The van der Waals surface area contributed by atoms with E-state index in [9.17, 15) is 4.79 Å². The molecule has 0 amide bonds. The number of carbonyl (C=O) groups excluding carboxylic acids is 1. The van der Waals surface area contributed by atoms with Gasteiger partial charge in [0.25, 0.3) is 0 Å². The molecule has 0 aliphatic carbocycles. The molecule has 0 spiro atoms. The van der Waals surface area contributed by atoms with Gasteiger partial charge >= 0.3 is 0 Å². The van der Waals surface area contributed by atoms with Crippen LogP contribution in [-0.2, 0) is 9.47 Å². The van der Waals surface area contributed by atoms with Crippen molar-refractivity contribution in [2.45, 2.75) is 6.29 Å². The number of ether oxygens (including phenoxy) is 2. The predicted molar refractivity (Wildman–Crippen MR) is 80.9 cm³/mol. The third-order valence-electron chi connectivity index (χ3n) is 3.32. The van der Waals surface area contributed by atoms with Crippen LogP contribution < -0.4 is 0 Å². The van der Waals surface area contributed by atoms with Gasteiger partial charge in [-0.3, -0.25) is 4.79 Å². The van der Waals surface area contributed by atoms with Crippen LogP contribution in [0.25, 0.3) is 6.08 Å². The smallest absolute Gasteiger partial charge is 0.185 e. The topological polar surface area (TPSA) is 35.5 Å². The van der Waals surface area contributed by atoms with Crippen molar-refractivity contribution in [1.29, 1.82) is 0 Å². The first-order valence-corrected chi connectivity index (χ1v) is 6.93. The van der Waals surface area contributed by atoms with E-state index in [-0.39, 0.29) is 12.1 Å². The summed E-state index contributed by atoms with van der Waals surface area (Å²) in [5, 5.41) is 0. The van der Waals surface area contributed by atoms with E-state index in [1.807, 2.05) is 60.7 Å². The molecule has 1 fully saturated rings. The van der Waals surface area contributed by atoms with Gasteiger partial charge in [0.1, 0.15) is 0 Å². The first-order valence-electron chi connectivity index (χ1n) is 6.93. The average Bonchev–Trinajstić information content (AvgIpc) is 3.08. The van der Waals surface area contributed by atoms with Gasteiger partial charge in [0.15, 0.2) is 12.1 Å². The van der Waals surface area contributed by atoms with Crippen molar-refractivity contribution in [2.75, 3.05) is 13.2 Å². The van der Waals surface area contributed by atoms with Crippen LogP contribution in [0.1, 0.15) is 27.8 Å². The second-order valence-corrected chi connectivity index (χ2v) is 4.80. The van der Waals surface area contributed by atoms with Gasteiger partial charge in [-0.05, 0) is 11.6 Å². The average molecular weight is 280 g/mol. The molecule has 1 saturated heterocycles. The third-order valence-corrected chi connectivity index (χ3v) is 3.32. The molecule has 21 heavy (non-hydrogen) atoms. The molecular formula is C18H16O3. The Morgan fingerprint density at radius 2 is 1.62 bits per heavy atom. The van der Waals surface area contributed by atoms with Crippen LogP contribution in [-0.4, -0.2) is 19.0 Å². The van der Waals surface area contributed by atoms with Crippen LogP contribution in [0, 0.1) is 0 Å². The van der Waals surface area contributed by atoms with Crippen LogP contribution in [0.2, 0.25) is 0 Å². The van der Waals surface area contributed by atoms with Crippen molar-refractivity contribution in [1.82, 2.24) is 0 Å². The highest BCUT2D eigenvalue weighted by Gasteiger charge is 2.17. The van der Waals surface area contributed by atoms with Gasteiger partial charge in [-0.25, -0.2) is 0 Å². The highest BCUT2D eigenvalue weighted by atomic mass is 16.7. The van der Waals surface area contributed by atoms with E-state index in [4.69, 9.17) is 9.47 Å². The second-order valence-electron chi connectivity index (χ2n) is 4.80. The maximum Gasteiger partial charge on any atom is 0.185 e. The standard InChI is InChI=1S/C18H16O3/c19-17(15-4-2-1-3-5-15)11-8-14-6-9-16(10-7-14)18-20-12-13-21-18/h1-11,18H,12-13H2/b11-8+. The number of hydrogen-bond acceptors (Lipinski definition) is 3. The molecule has 3 heteroatoms. The number of ketones is 1. The fraction of sp³-hybridized carbons (Fsp3) is 0.167. The fourth-order valence-corrected chi connectivity index (χ4v) is 2.19. The van der Waals surface area contributed by atoms with Crippen molar-refractivity contribution in [3.63, 3.8) is 0 Å². The number of hydrogen-bond donors (Lipinski definition) is 0. The van der Waals surface area contributed by atoms with Crippen molar-refractivity contribution in [3.05, 3.63) is 77.4 Å². The van der Waals surface area contributed by atoms with E-state index in [2.05, 4.69) is 0 Å². The Labute approximate surface area is 123 Å². The zero-order valence-electron chi connectivity index (χ0n) is 11.6. The van der Waals surface area contributed by atoms with Crippen molar-refractivity contribution >= 4 is 11.9 Å². The van der Waals surface area contributed by atoms with Crippen LogP contribution in [0.4, 0.5) is 0 Å². The lowest BCUT2D eigenvalue weighted by molar-refractivity contribution is -0.0441. The molecule has 0 radical (unpaired) electrons. The molecule has 0 N–H and O–H groups in total. The van der Waals surface area contributed by atoms with Crippen molar-refractivity contribution in [3.8, 4) is 0 Å². The third kappa shape index (κ3) is 3.45. The van der Waals surface area contributed by atoms with Crippen molar-refractivity contribution in [2.24, 2.45) is 0 Å². The van der Waals surface area contributed by atoms with Gasteiger partial charge in [-0.2, -0.15) is 0 Å². The van der Waals surface area contributed by atoms with Crippen LogP contribution >= 0.6 is 0 Å². The maximum atomic E-state index is 12.0. The van der Waals surface area contributed by atoms with Crippen molar-refractivity contribution < 1.29 is 14.3 Å². The number of carbonyl (C=O) groups is 1. The summed E-state index contributed by atoms with van der Waals surface area (Å²) in [7, 11) is 0. The predicted octanol–water partition coefficient (Wildman–Crippen LogP) is 3.63. The summed E-state index contributed by atoms with van der Waals surface area (Å²) in [6, 6.07) is 17.1. The minimum absolute atomic E-state index is 0.00198. The Morgan fingerprint density at radius 1 is 0.952 bits per heavy atom. The zero-order chi connectivity index (χ0) is 14.5. The van der Waals surface area contributed by atoms with Gasteiger partial charge in [0, 0.05) is 11.1 Å². The summed E-state index contributed by atoms with van der Waals surface area (Å²) in [6.07, 6.45) is 3.15. The fourth-order valence-electron chi connectivity index (χ4n) is 2.19.